The van der Waals surface area contributed by atoms with Crippen LogP contribution in [0.15, 0.2) is 5.38 Å². The van der Waals surface area contributed by atoms with Crippen LogP contribution in [0.5, 0.6) is 0 Å². The van der Waals surface area contributed by atoms with Gasteiger partial charge in [0.15, 0.2) is 0 Å². The minimum Gasteiger partial charge on any atom is -0.381 e. The first-order valence-corrected chi connectivity index (χ1v) is 5.73. The Morgan fingerprint density at radius 2 is 2.29 bits per heavy atom. The average molecular weight is 214 g/mol. The number of ether oxygens (including phenoxy) is 1. The van der Waals surface area contributed by atoms with Crippen LogP contribution < -0.4 is 5.73 Å². The van der Waals surface area contributed by atoms with Crippen LogP contribution in [-0.2, 0) is 16.7 Å². The molecule has 4 heteroatoms. The van der Waals surface area contributed by atoms with Crippen molar-refractivity contribution in [3.8, 4) is 0 Å². The van der Waals surface area contributed by atoms with Crippen molar-refractivity contribution in [1.82, 2.24) is 4.98 Å². The Morgan fingerprint density at radius 3 is 2.79 bits per heavy atom. The zero-order chi connectivity index (χ0) is 10.6. The van der Waals surface area contributed by atoms with E-state index in [2.05, 4.69) is 4.98 Å². The molecule has 0 bridgehead atoms. The molecule has 0 aliphatic carbocycles. The molecule has 3 nitrogen and oxygen atoms in total. The van der Waals surface area contributed by atoms with Crippen LogP contribution in [0.2, 0.25) is 0 Å². The van der Waals surface area contributed by atoms with Gasteiger partial charge in [-0.3, -0.25) is 0 Å². The van der Waals surface area contributed by atoms with E-state index in [0.717, 1.165) is 30.3 Å². The molecule has 0 spiro atoms. The first-order valence-electron chi connectivity index (χ1n) is 4.85. The lowest BCUT2D eigenvalue weighted by molar-refractivity contribution is 0.151. The summed E-state index contributed by atoms with van der Waals surface area (Å²) in [5.74, 6) is 0. The van der Waals surface area contributed by atoms with Gasteiger partial charge in [0.1, 0.15) is 0 Å². The van der Waals surface area contributed by atoms with E-state index in [1.165, 1.54) is 0 Å². The van der Waals surface area contributed by atoms with Crippen molar-refractivity contribution in [3.05, 3.63) is 16.1 Å². The molecular formula is C10H18N2OS. The average Bonchev–Trinajstić information content (AvgIpc) is 2.52. The fraction of sp³-hybridized carbons (Fsp3) is 0.700. The van der Waals surface area contributed by atoms with E-state index in [-0.39, 0.29) is 5.54 Å². The van der Waals surface area contributed by atoms with Crippen molar-refractivity contribution in [3.63, 3.8) is 0 Å². The zero-order valence-corrected chi connectivity index (χ0v) is 9.86. The molecule has 0 aromatic carbocycles. The number of hydrogen-bond acceptors (Lipinski definition) is 4. The Hall–Kier alpha value is -0.450. The van der Waals surface area contributed by atoms with E-state index in [9.17, 15) is 0 Å². The van der Waals surface area contributed by atoms with Crippen LogP contribution >= 0.6 is 11.3 Å². The standard InChI is InChI=1S/C10H18N2OS/c1-4-13-6-5-9-12-8(7-14-9)10(2,3)11/h7H,4-6,11H2,1-3H3. The quantitative estimate of drug-likeness (QED) is 0.762. The summed E-state index contributed by atoms with van der Waals surface area (Å²) in [5, 5.41) is 3.13. The third kappa shape index (κ3) is 3.36. The molecule has 0 fully saturated rings. The lowest BCUT2D eigenvalue weighted by atomic mass is 10.0. The molecule has 1 aromatic rings. The van der Waals surface area contributed by atoms with Crippen molar-refractivity contribution in [2.24, 2.45) is 5.73 Å². The molecule has 0 radical (unpaired) electrons. The molecule has 0 saturated heterocycles. The highest BCUT2D eigenvalue weighted by atomic mass is 32.1. The highest BCUT2D eigenvalue weighted by Gasteiger charge is 2.17. The lowest BCUT2D eigenvalue weighted by Gasteiger charge is -2.14. The van der Waals surface area contributed by atoms with E-state index >= 15 is 0 Å². The number of hydrogen-bond donors (Lipinski definition) is 1. The largest absolute Gasteiger partial charge is 0.381 e. The Morgan fingerprint density at radius 1 is 1.57 bits per heavy atom. The van der Waals surface area contributed by atoms with Crippen LogP contribution in [0.25, 0.3) is 0 Å². The lowest BCUT2D eigenvalue weighted by Crippen LogP contribution is -2.29. The van der Waals surface area contributed by atoms with Crippen molar-refractivity contribution in [2.75, 3.05) is 13.2 Å². The molecule has 0 atom stereocenters. The predicted molar refractivity (Wildman–Crippen MR) is 59.5 cm³/mol. The van der Waals surface area contributed by atoms with Crippen LogP contribution in [0.1, 0.15) is 31.5 Å². The molecule has 0 unspecified atom stereocenters. The van der Waals surface area contributed by atoms with Crippen LogP contribution in [0.4, 0.5) is 0 Å². The molecule has 1 rings (SSSR count). The van der Waals surface area contributed by atoms with Gasteiger partial charge >= 0.3 is 0 Å². The molecular weight excluding hydrogens is 196 g/mol. The molecule has 80 valence electrons. The third-order valence-electron chi connectivity index (χ3n) is 1.88. The van der Waals surface area contributed by atoms with Gasteiger partial charge in [0.2, 0.25) is 0 Å². The molecule has 0 amide bonds. The number of thiazole rings is 1. The highest BCUT2D eigenvalue weighted by Crippen LogP contribution is 2.19. The summed E-state index contributed by atoms with van der Waals surface area (Å²) in [6.07, 6.45) is 0.884. The van der Waals surface area contributed by atoms with Gasteiger partial charge in [0.05, 0.1) is 22.8 Å². The molecule has 0 aliphatic rings. The second kappa shape index (κ2) is 4.87. The molecule has 0 aliphatic heterocycles. The summed E-state index contributed by atoms with van der Waals surface area (Å²) in [6, 6.07) is 0. The molecule has 1 heterocycles. The maximum absolute atomic E-state index is 5.94. The van der Waals surface area contributed by atoms with Crippen molar-refractivity contribution < 1.29 is 4.74 Å². The summed E-state index contributed by atoms with van der Waals surface area (Å²) in [4.78, 5) is 4.47. The van der Waals surface area contributed by atoms with Crippen molar-refractivity contribution >= 4 is 11.3 Å². The Labute approximate surface area is 89.3 Å². The van der Waals surface area contributed by atoms with Gasteiger partial charge in [-0.2, -0.15) is 0 Å². The van der Waals surface area contributed by atoms with E-state index in [4.69, 9.17) is 10.5 Å². The second-order valence-electron chi connectivity index (χ2n) is 3.80. The predicted octanol–water partition coefficient (Wildman–Crippen LogP) is 1.92. The van der Waals surface area contributed by atoms with Gasteiger partial charge in [-0.05, 0) is 20.8 Å². The van der Waals surface area contributed by atoms with E-state index in [1.807, 2.05) is 26.2 Å². The topological polar surface area (TPSA) is 48.1 Å². The van der Waals surface area contributed by atoms with E-state index in [1.54, 1.807) is 11.3 Å². The molecule has 2 N–H and O–H groups in total. The molecule has 0 saturated carbocycles. The van der Waals surface area contributed by atoms with Crippen LogP contribution in [-0.4, -0.2) is 18.2 Å². The first-order chi connectivity index (χ1) is 6.54. The summed E-state index contributed by atoms with van der Waals surface area (Å²) in [7, 11) is 0. The normalized spacial score (nSPS) is 12.0. The van der Waals surface area contributed by atoms with Gasteiger partial charge in [0, 0.05) is 18.4 Å². The Kier molecular flexibility index (Phi) is 4.04. The fourth-order valence-electron chi connectivity index (χ4n) is 1.03. The van der Waals surface area contributed by atoms with Gasteiger partial charge in [-0.15, -0.1) is 11.3 Å². The smallest absolute Gasteiger partial charge is 0.0952 e. The number of nitrogens with two attached hydrogens (primary N) is 1. The van der Waals surface area contributed by atoms with E-state index in [0.29, 0.717) is 0 Å². The monoisotopic (exact) mass is 214 g/mol. The summed E-state index contributed by atoms with van der Waals surface area (Å²) in [6.45, 7) is 7.44. The zero-order valence-electron chi connectivity index (χ0n) is 9.04. The molecule has 1 aromatic heterocycles. The Bertz CT molecular complexity index is 278. The Balaban J connectivity index is 2.51. The van der Waals surface area contributed by atoms with Gasteiger partial charge in [-0.1, -0.05) is 0 Å². The van der Waals surface area contributed by atoms with Gasteiger partial charge in [-0.25, -0.2) is 4.98 Å². The minimum atomic E-state index is -0.333. The third-order valence-corrected chi connectivity index (χ3v) is 2.78. The number of nitrogens with zero attached hydrogens (tertiary/aromatic N) is 1. The maximum Gasteiger partial charge on any atom is 0.0952 e. The fourth-order valence-corrected chi connectivity index (χ4v) is 1.98. The second-order valence-corrected chi connectivity index (χ2v) is 4.74. The maximum atomic E-state index is 5.94. The SMILES string of the molecule is CCOCCc1nc(C(C)(C)N)cs1. The van der Waals surface area contributed by atoms with Crippen LogP contribution in [0, 0.1) is 0 Å². The summed E-state index contributed by atoms with van der Waals surface area (Å²) in [5.41, 5.74) is 6.57. The molecule has 14 heavy (non-hydrogen) atoms. The summed E-state index contributed by atoms with van der Waals surface area (Å²) >= 11 is 1.66. The minimum absolute atomic E-state index is 0.333. The number of rotatable bonds is 5. The number of aromatic nitrogens is 1. The highest BCUT2D eigenvalue weighted by molar-refractivity contribution is 7.09. The van der Waals surface area contributed by atoms with E-state index < -0.39 is 0 Å². The van der Waals surface area contributed by atoms with Gasteiger partial charge in [0.25, 0.3) is 0 Å². The van der Waals surface area contributed by atoms with Crippen molar-refractivity contribution in [1.29, 1.82) is 0 Å². The first kappa shape index (κ1) is 11.6. The van der Waals surface area contributed by atoms with Gasteiger partial charge < -0.3 is 10.5 Å². The van der Waals surface area contributed by atoms with Crippen LogP contribution in [0.3, 0.4) is 0 Å². The summed E-state index contributed by atoms with van der Waals surface area (Å²) < 4.78 is 5.27. The van der Waals surface area contributed by atoms with Crippen molar-refractivity contribution in [2.45, 2.75) is 32.7 Å².